The first-order chi connectivity index (χ1) is 9.61. The lowest BCUT2D eigenvalue weighted by Crippen LogP contribution is -2.54. The van der Waals surface area contributed by atoms with Crippen LogP contribution in [-0.2, 0) is 11.2 Å². The van der Waals surface area contributed by atoms with Crippen LogP contribution in [0.5, 0.6) is 5.75 Å². The van der Waals surface area contributed by atoms with Crippen LogP contribution >= 0.6 is 0 Å². The second-order valence-corrected chi connectivity index (χ2v) is 5.42. The Morgan fingerprint density at radius 2 is 2.20 bits per heavy atom. The van der Waals surface area contributed by atoms with Crippen LogP contribution in [0.2, 0.25) is 0 Å². The van der Waals surface area contributed by atoms with Gasteiger partial charge in [-0.2, -0.15) is 0 Å². The number of benzene rings is 1. The van der Waals surface area contributed by atoms with Crippen molar-refractivity contribution >= 4 is 5.91 Å². The van der Waals surface area contributed by atoms with E-state index in [1.165, 1.54) is 5.56 Å². The van der Waals surface area contributed by atoms with Crippen LogP contribution in [0.15, 0.2) is 24.3 Å². The number of ether oxygens (including phenoxy) is 1. The fourth-order valence-corrected chi connectivity index (χ4v) is 3.00. The molecule has 1 saturated carbocycles. The average Bonchev–Trinajstić information content (AvgIpc) is 2.84. The number of para-hydroxylation sites is 1. The van der Waals surface area contributed by atoms with Gasteiger partial charge in [0.1, 0.15) is 17.4 Å². The van der Waals surface area contributed by atoms with Gasteiger partial charge in [-0.1, -0.05) is 32.0 Å². The van der Waals surface area contributed by atoms with E-state index >= 15 is 0 Å². The second-order valence-electron chi connectivity index (χ2n) is 5.42. The largest absolute Gasteiger partial charge is 0.490 e. The Kier molecular flexibility index (Phi) is 4.65. The van der Waals surface area contributed by atoms with Gasteiger partial charge < -0.3 is 15.8 Å². The molecular weight excluding hydrogens is 252 g/mol. The van der Waals surface area contributed by atoms with Gasteiger partial charge >= 0.3 is 0 Å². The second kappa shape index (κ2) is 6.27. The number of nitrogens with two attached hydrogens (primary N) is 1. The van der Waals surface area contributed by atoms with Gasteiger partial charge in [0.2, 0.25) is 5.91 Å². The van der Waals surface area contributed by atoms with Crippen LogP contribution in [0.1, 0.15) is 38.7 Å². The summed E-state index contributed by atoms with van der Waals surface area (Å²) in [6.45, 7) is 4.84. The fraction of sp³-hybridized carbons (Fsp3) is 0.562. The van der Waals surface area contributed by atoms with Crippen molar-refractivity contribution in [2.24, 2.45) is 5.73 Å². The highest BCUT2D eigenvalue weighted by molar-refractivity contribution is 5.85. The van der Waals surface area contributed by atoms with E-state index in [9.17, 15) is 4.79 Å². The molecule has 4 heteroatoms. The third kappa shape index (κ3) is 2.96. The molecule has 0 saturated heterocycles. The molecule has 0 spiro atoms. The molecule has 0 heterocycles. The van der Waals surface area contributed by atoms with Gasteiger partial charge in [0.05, 0.1) is 0 Å². The highest BCUT2D eigenvalue weighted by atomic mass is 16.5. The van der Waals surface area contributed by atoms with Crippen molar-refractivity contribution < 1.29 is 9.53 Å². The number of carbonyl (C=O) groups excluding carboxylic acids is 1. The maximum absolute atomic E-state index is 11.7. The van der Waals surface area contributed by atoms with Crippen LogP contribution in [-0.4, -0.2) is 24.1 Å². The molecule has 1 amide bonds. The molecule has 1 aromatic rings. The molecule has 1 aliphatic carbocycles. The molecule has 1 fully saturated rings. The Hall–Kier alpha value is -1.55. The highest BCUT2D eigenvalue weighted by Crippen LogP contribution is 2.33. The Morgan fingerprint density at radius 3 is 2.85 bits per heavy atom. The van der Waals surface area contributed by atoms with Crippen LogP contribution in [0.25, 0.3) is 0 Å². The molecule has 0 bridgehead atoms. The number of carbonyl (C=O) groups is 1. The van der Waals surface area contributed by atoms with Gasteiger partial charge in [-0.25, -0.2) is 0 Å². The van der Waals surface area contributed by atoms with Crippen molar-refractivity contribution in [3.05, 3.63) is 29.8 Å². The number of rotatable bonds is 6. The van der Waals surface area contributed by atoms with Gasteiger partial charge in [0.15, 0.2) is 0 Å². The van der Waals surface area contributed by atoms with Crippen molar-refractivity contribution in [1.82, 2.24) is 5.32 Å². The topological polar surface area (TPSA) is 64.3 Å². The zero-order valence-electron chi connectivity index (χ0n) is 12.3. The lowest BCUT2D eigenvalue weighted by Gasteiger charge is -2.26. The molecule has 20 heavy (non-hydrogen) atoms. The molecule has 0 aromatic heterocycles. The smallest absolute Gasteiger partial charge is 0.237 e. The number of likely N-dealkylation sites (N-methyl/N-ethyl adjacent to an activating group) is 1. The molecule has 110 valence electrons. The van der Waals surface area contributed by atoms with Gasteiger partial charge in [-0.3, -0.25) is 4.79 Å². The maximum atomic E-state index is 11.7. The summed E-state index contributed by atoms with van der Waals surface area (Å²) in [6, 6.07) is 8.08. The molecule has 0 aliphatic heterocycles. The molecule has 4 nitrogen and oxygen atoms in total. The molecular formula is C16H24N2O2. The lowest BCUT2D eigenvalue weighted by atomic mass is 9.96. The van der Waals surface area contributed by atoms with Crippen molar-refractivity contribution in [2.45, 2.75) is 51.2 Å². The number of amides is 1. The number of hydrogen-bond acceptors (Lipinski definition) is 3. The van der Waals surface area contributed by atoms with E-state index in [4.69, 9.17) is 10.5 Å². The summed E-state index contributed by atoms with van der Waals surface area (Å²) >= 11 is 0. The van der Waals surface area contributed by atoms with Crippen LogP contribution in [0, 0.1) is 0 Å². The van der Waals surface area contributed by atoms with Crippen LogP contribution in [0.4, 0.5) is 0 Å². The standard InChI is InChI=1S/C16H24N2O2/c1-3-12-7-5-6-8-14(12)20-13-9-10-16(11-13,15(17)19)18-4-2/h5-8,13,18H,3-4,9-11H2,1-2H3,(H2,17,19). The van der Waals surface area contributed by atoms with E-state index < -0.39 is 5.54 Å². The van der Waals surface area contributed by atoms with Gasteiger partial charge in [0, 0.05) is 6.42 Å². The lowest BCUT2D eigenvalue weighted by molar-refractivity contribution is -0.124. The highest BCUT2D eigenvalue weighted by Gasteiger charge is 2.44. The first kappa shape index (κ1) is 14.9. The average molecular weight is 276 g/mol. The maximum Gasteiger partial charge on any atom is 0.237 e. The van der Waals surface area contributed by atoms with Crippen molar-refractivity contribution in [2.75, 3.05) is 6.54 Å². The van der Waals surface area contributed by atoms with Crippen LogP contribution in [0.3, 0.4) is 0 Å². The molecule has 2 rings (SSSR count). The number of primary amides is 1. The minimum atomic E-state index is -0.597. The number of hydrogen-bond donors (Lipinski definition) is 2. The Balaban J connectivity index is 2.07. The third-order valence-corrected chi connectivity index (χ3v) is 4.10. The zero-order valence-corrected chi connectivity index (χ0v) is 12.3. The number of aryl methyl sites for hydroxylation is 1. The Bertz CT molecular complexity index is 475. The number of nitrogens with one attached hydrogen (secondary N) is 1. The first-order valence-corrected chi connectivity index (χ1v) is 7.40. The summed E-state index contributed by atoms with van der Waals surface area (Å²) in [7, 11) is 0. The zero-order chi connectivity index (χ0) is 14.6. The van der Waals surface area contributed by atoms with Crippen molar-refractivity contribution in [3.8, 4) is 5.75 Å². The summed E-state index contributed by atoms with van der Waals surface area (Å²) < 4.78 is 6.10. The summed E-state index contributed by atoms with van der Waals surface area (Å²) in [5.74, 6) is 0.658. The van der Waals surface area contributed by atoms with Crippen LogP contribution < -0.4 is 15.8 Å². The van der Waals surface area contributed by atoms with E-state index in [0.717, 1.165) is 31.6 Å². The minimum Gasteiger partial charge on any atom is -0.490 e. The molecule has 2 atom stereocenters. The third-order valence-electron chi connectivity index (χ3n) is 4.10. The molecule has 3 N–H and O–H groups in total. The van der Waals surface area contributed by atoms with Gasteiger partial charge in [-0.05, 0) is 37.4 Å². The van der Waals surface area contributed by atoms with E-state index in [2.05, 4.69) is 18.3 Å². The SMILES string of the molecule is CCNC1(C(N)=O)CCC(Oc2ccccc2CC)C1. The van der Waals surface area contributed by atoms with Crippen molar-refractivity contribution in [1.29, 1.82) is 0 Å². The van der Waals surface area contributed by atoms with E-state index in [1.54, 1.807) is 0 Å². The fourth-order valence-electron chi connectivity index (χ4n) is 3.00. The molecule has 2 unspecified atom stereocenters. The normalized spacial score (nSPS) is 25.6. The Labute approximate surface area is 120 Å². The van der Waals surface area contributed by atoms with E-state index in [-0.39, 0.29) is 12.0 Å². The minimum absolute atomic E-state index is 0.0502. The summed E-state index contributed by atoms with van der Waals surface area (Å²) in [5.41, 5.74) is 6.18. The first-order valence-electron chi connectivity index (χ1n) is 7.40. The summed E-state index contributed by atoms with van der Waals surface area (Å²) in [6.07, 6.45) is 3.24. The predicted molar refractivity (Wildman–Crippen MR) is 79.7 cm³/mol. The quantitative estimate of drug-likeness (QED) is 0.835. The summed E-state index contributed by atoms with van der Waals surface area (Å²) in [5, 5.41) is 3.25. The molecule has 1 aromatic carbocycles. The van der Waals surface area contributed by atoms with Gasteiger partial charge in [-0.15, -0.1) is 0 Å². The van der Waals surface area contributed by atoms with Gasteiger partial charge in [0.25, 0.3) is 0 Å². The Morgan fingerprint density at radius 1 is 1.45 bits per heavy atom. The van der Waals surface area contributed by atoms with E-state index in [1.807, 2.05) is 25.1 Å². The monoisotopic (exact) mass is 276 g/mol. The predicted octanol–water partition coefficient (Wildman–Crippen LogP) is 2.01. The molecule has 0 radical (unpaired) electrons. The molecule has 1 aliphatic rings. The van der Waals surface area contributed by atoms with E-state index in [0.29, 0.717) is 6.42 Å². The summed E-state index contributed by atoms with van der Waals surface area (Å²) in [4.78, 5) is 11.7. The van der Waals surface area contributed by atoms with Crippen molar-refractivity contribution in [3.63, 3.8) is 0 Å².